The fraction of sp³-hybridized carbons (Fsp3) is 0.286. The zero-order valence-electron chi connectivity index (χ0n) is 16.2. The molecule has 28 heavy (non-hydrogen) atoms. The third-order valence-corrected chi connectivity index (χ3v) is 4.60. The van der Waals surface area contributed by atoms with E-state index in [1.54, 1.807) is 31.2 Å². The van der Waals surface area contributed by atoms with Crippen molar-refractivity contribution in [2.75, 3.05) is 18.9 Å². The van der Waals surface area contributed by atoms with Crippen molar-refractivity contribution in [2.45, 2.75) is 26.3 Å². The molecule has 2 N–H and O–H groups in total. The number of halogens is 1. The lowest BCUT2D eigenvalue weighted by atomic mass is 10.1. The van der Waals surface area contributed by atoms with Crippen LogP contribution in [0.5, 0.6) is 0 Å². The molecule has 0 spiro atoms. The molecule has 0 heterocycles. The van der Waals surface area contributed by atoms with Gasteiger partial charge in [0.1, 0.15) is 6.04 Å². The van der Waals surface area contributed by atoms with Crippen LogP contribution in [0.15, 0.2) is 48.5 Å². The van der Waals surface area contributed by atoms with Crippen LogP contribution in [0.25, 0.3) is 0 Å². The number of hydrogen-bond acceptors (Lipinski definition) is 3. The molecule has 148 valence electrons. The summed E-state index contributed by atoms with van der Waals surface area (Å²) in [5, 5.41) is 5.74. The van der Waals surface area contributed by atoms with Crippen LogP contribution in [-0.4, -0.2) is 42.3 Å². The summed E-state index contributed by atoms with van der Waals surface area (Å²) >= 11 is 6.01. The van der Waals surface area contributed by atoms with Crippen molar-refractivity contribution in [3.63, 3.8) is 0 Å². The molecule has 0 saturated heterocycles. The van der Waals surface area contributed by atoms with Gasteiger partial charge >= 0.3 is 0 Å². The monoisotopic (exact) mass is 401 g/mol. The quantitative estimate of drug-likeness (QED) is 0.748. The molecular weight excluding hydrogens is 378 g/mol. The second-order valence-electron chi connectivity index (χ2n) is 6.43. The van der Waals surface area contributed by atoms with Gasteiger partial charge in [0.2, 0.25) is 11.8 Å². The Kier molecular flexibility index (Phi) is 7.58. The number of hydrogen-bond donors (Lipinski definition) is 2. The maximum atomic E-state index is 12.5. The van der Waals surface area contributed by atoms with Gasteiger partial charge < -0.3 is 15.5 Å². The molecule has 2 aromatic carbocycles. The number of rotatable bonds is 7. The number of carbonyl (C=O) groups is 3. The zero-order chi connectivity index (χ0) is 20.7. The summed E-state index contributed by atoms with van der Waals surface area (Å²) < 4.78 is 0. The smallest absolute Gasteiger partial charge is 0.253 e. The number of nitrogens with zero attached hydrogens (tertiary/aromatic N) is 1. The van der Waals surface area contributed by atoms with E-state index in [1.165, 1.54) is 11.9 Å². The highest BCUT2D eigenvalue weighted by molar-refractivity contribution is 6.33. The lowest BCUT2D eigenvalue weighted by Gasteiger charge is -2.22. The Hall–Kier alpha value is -2.86. The number of benzene rings is 2. The minimum Gasteiger partial charge on any atom is -0.340 e. The van der Waals surface area contributed by atoms with Gasteiger partial charge in [-0.25, -0.2) is 0 Å². The van der Waals surface area contributed by atoms with Crippen LogP contribution in [0.1, 0.15) is 29.8 Å². The van der Waals surface area contributed by atoms with Crippen molar-refractivity contribution in [3.8, 4) is 0 Å². The first-order chi connectivity index (χ1) is 13.3. The fourth-order valence-electron chi connectivity index (χ4n) is 2.75. The molecule has 7 heteroatoms. The van der Waals surface area contributed by atoms with Crippen molar-refractivity contribution in [2.24, 2.45) is 0 Å². The van der Waals surface area contributed by atoms with Crippen LogP contribution in [0.4, 0.5) is 5.69 Å². The average molecular weight is 402 g/mol. The van der Waals surface area contributed by atoms with E-state index >= 15 is 0 Å². The summed E-state index contributed by atoms with van der Waals surface area (Å²) in [7, 11) is 1.52. The molecule has 0 aliphatic heterocycles. The maximum absolute atomic E-state index is 12.5. The number of aryl methyl sites for hydroxylation is 1. The summed E-state index contributed by atoms with van der Waals surface area (Å²) in [6, 6.07) is 13.3. The lowest BCUT2D eigenvalue weighted by Crippen LogP contribution is -2.47. The highest BCUT2D eigenvalue weighted by atomic mass is 35.5. The molecule has 0 bridgehead atoms. The van der Waals surface area contributed by atoms with E-state index in [0.717, 1.165) is 17.7 Å². The Morgan fingerprint density at radius 1 is 1.07 bits per heavy atom. The van der Waals surface area contributed by atoms with E-state index in [-0.39, 0.29) is 18.4 Å². The normalized spacial score (nSPS) is 11.4. The third kappa shape index (κ3) is 5.57. The van der Waals surface area contributed by atoms with Gasteiger partial charge in [-0.3, -0.25) is 14.4 Å². The van der Waals surface area contributed by atoms with Gasteiger partial charge in [0, 0.05) is 12.7 Å². The van der Waals surface area contributed by atoms with Crippen LogP contribution in [0, 0.1) is 0 Å². The summed E-state index contributed by atoms with van der Waals surface area (Å²) in [6.45, 7) is 3.45. The molecule has 0 aliphatic carbocycles. The second kappa shape index (κ2) is 9.90. The summed E-state index contributed by atoms with van der Waals surface area (Å²) in [5.74, 6) is -1.12. The Morgan fingerprint density at radius 2 is 1.71 bits per heavy atom. The van der Waals surface area contributed by atoms with E-state index < -0.39 is 11.9 Å². The highest BCUT2D eigenvalue weighted by Crippen LogP contribution is 2.16. The number of likely N-dealkylation sites (N-methyl/N-ethyl adjacent to an activating group) is 1. The molecule has 0 fully saturated rings. The van der Waals surface area contributed by atoms with Crippen LogP contribution < -0.4 is 10.6 Å². The van der Waals surface area contributed by atoms with Crippen LogP contribution in [-0.2, 0) is 16.0 Å². The van der Waals surface area contributed by atoms with E-state index in [0.29, 0.717) is 10.6 Å². The van der Waals surface area contributed by atoms with Gasteiger partial charge in [-0.2, -0.15) is 0 Å². The standard InChI is InChI=1S/C21H24ClN3O3/c1-4-15-9-5-8-12-18(15)24-19(26)13-25(3)21(28)14(2)23-20(27)16-10-6-7-11-17(16)22/h5-12,14H,4,13H2,1-3H3,(H,23,27)(H,24,26)/t14-/m0/s1. The first-order valence-electron chi connectivity index (χ1n) is 9.01. The highest BCUT2D eigenvalue weighted by Gasteiger charge is 2.22. The average Bonchev–Trinajstić information content (AvgIpc) is 2.67. The maximum Gasteiger partial charge on any atom is 0.253 e. The summed E-state index contributed by atoms with van der Waals surface area (Å²) in [5.41, 5.74) is 2.04. The predicted molar refractivity (Wildman–Crippen MR) is 110 cm³/mol. The largest absolute Gasteiger partial charge is 0.340 e. The summed E-state index contributed by atoms with van der Waals surface area (Å²) in [6.07, 6.45) is 0.788. The number of anilines is 1. The minimum atomic E-state index is -0.801. The SMILES string of the molecule is CCc1ccccc1NC(=O)CN(C)C(=O)[C@H](C)NC(=O)c1ccccc1Cl. The van der Waals surface area contributed by atoms with E-state index in [1.807, 2.05) is 31.2 Å². The second-order valence-corrected chi connectivity index (χ2v) is 6.84. The Morgan fingerprint density at radius 3 is 2.39 bits per heavy atom. The van der Waals surface area contributed by atoms with E-state index in [2.05, 4.69) is 10.6 Å². The fourth-order valence-corrected chi connectivity index (χ4v) is 2.97. The first-order valence-corrected chi connectivity index (χ1v) is 9.39. The molecule has 2 rings (SSSR count). The first kappa shape index (κ1) is 21.4. The Labute approximate surface area is 169 Å². The molecule has 2 aromatic rings. The van der Waals surface area contributed by atoms with Crippen molar-refractivity contribution in [1.29, 1.82) is 0 Å². The zero-order valence-corrected chi connectivity index (χ0v) is 16.9. The van der Waals surface area contributed by atoms with Gasteiger partial charge in [0.05, 0.1) is 17.1 Å². The Balaban J connectivity index is 1.93. The van der Waals surface area contributed by atoms with Crippen molar-refractivity contribution >= 4 is 35.0 Å². The molecule has 1 atom stereocenters. The molecule has 6 nitrogen and oxygen atoms in total. The molecule has 0 radical (unpaired) electrons. The molecule has 0 unspecified atom stereocenters. The third-order valence-electron chi connectivity index (χ3n) is 4.27. The molecule has 0 saturated carbocycles. The van der Waals surface area contributed by atoms with Crippen LogP contribution in [0.2, 0.25) is 5.02 Å². The predicted octanol–water partition coefficient (Wildman–Crippen LogP) is 3.12. The van der Waals surface area contributed by atoms with Crippen molar-refractivity contribution < 1.29 is 14.4 Å². The number of carbonyl (C=O) groups excluding carboxylic acids is 3. The molecular formula is C21H24ClN3O3. The van der Waals surface area contributed by atoms with Crippen LogP contribution >= 0.6 is 11.6 Å². The van der Waals surface area contributed by atoms with Crippen LogP contribution in [0.3, 0.4) is 0 Å². The summed E-state index contributed by atoms with van der Waals surface area (Å²) in [4.78, 5) is 38.4. The van der Waals surface area contributed by atoms with Gasteiger partial charge in [-0.15, -0.1) is 0 Å². The molecule has 0 aliphatic rings. The minimum absolute atomic E-state index is 0.122. The van der Waals surface area contributed by atoms with E-state index in [4.69, 9.17) is 11.6 Å². The van der Waals surface area contributed by atoms with Gasteiger partial charge in [0.25, 0.3) is 5.91 Å². The number of nitrogens with one attached hydrogen (secondary N) is 2. The number of amides is 3. The van der Waals surface area contributed by atoms with E-state index in [9.17, 15) is 14.4 Å². The van der Waals surface area contributed by atoms with Crippen molar-refractivity contribution in [3.05, 3.63) is 64.7 Å². The lowest BCUT2D eigenvalue weighted by molar-refractivity contribution is -0.134. The van der Waals surface area contributed by atoms with Gasteiger partial charge in [0.15, 0.2) is 0 Å². The molecule has 0 aromatic heterocycles. The number of para-hydroxylation sites is 1. The van der Waals surface area contributed by atoms with Gasteiger partial charge in [-0.05, 0) is 37.1 Å². The van der Waals surface area contributed by atoms with Crippen molar-refractivity contribution in [1.82, 2.24) is 10.2 Å². The Bertz CT molecular complexity index is 869. The van der Waals surface area contributed by atoms with Gasteiger partial charge in [-0.1, -0.05) is 48.9 Å². The topological polar surface area (TPSA) is 78.5 Å². The molecule has 3 amide bonds.